The summed E-state index contributed by atoms with van der Waals surface area (Å²) in [6.45, 7) is 6.05. The topological polar surface area (TPSA) is 50.1 Å². The van der Waals surface area contributed by atoms with Crippen molar-refractivity contribution in [3.8, 4) is 6.07 Å². The van der Waals surface area contributed by atoms with Gasteiger partial charge in [-0.15, -0.1) is 0 Å². The first-order chi connectivity index (χ1) is 7.58. The number of nitriles is 1. The molecule has 0 radical (unpaired) electrons. The van der Waals surface area contributed by atoms with E-state index in [1.807, 2.05) is 26.0 Å². The molecule has 0 bridgehead atoms. The van der Waals surface area contributed by atoms with Crippen molar-refractivity contribution in [2.24, 2.45) is 0 Å². The molecule has 1 aromatic rings. The van der Waals surface area contributed by atoms with Gasteiger partial charge in [0.25, 0.3) is 0 Å². The van der Waals surface area contributed by atoms with Gasteiger partial charge >= 0.3 is 5.97 Å². The van der Waals surface area contributed by atoms with Gasteiger partial charge in [-0.2, -0.15) is 5.26 Å². The van der Waals surface area contributed by atoms with Gasteiger partial charge in [0.2, 0.25) is 0 Å². The zero-order valence-corrected chi connectivity index (χ0v) is 9.83. The summed E-state index contributed by atoms with van der Waals surface area (Å²) in [6, 6.07) is 5.79. The van der Waals surface area contributed by atoms with Crippen LogP contribution in [0.2, 0.25) is 0 Å². The van der Waals surface area contributed by atoms with Crippen LogP contribution in [0.1, 0.15) is 29.2 Å². The lowest BCUT2D eigenvalue weighted by Gasteiger charge is -2.07. The molecule has 0 aliphatic carbocycles. The number of benzene rings is 1. The highest BCUT2D eigenvalue weighted by atomic mass is 16.5. The molecule has 0 spiro atoms. The number of rotatable bonds is 3. The minimum absolute atomic E-state index is 0.165. The number of carbonyl (C=O) groups is 1. The molecule has 0 atom stereocenters. The van der Waals surface area contributed by atoms with Gasteiger partial charge in [0.05, 0.1) is 24.7 Å². The summed E-state index contributed by atoms with van der Waals surface area (Å²) in [5, 5.41) is 8.97. The minimum atomic E-state index is -0.290. The predicted octanol–water partition coefficient (Wildman–Crippen LogP) is 2.28. The summed E-state index contributed by atoms with van der Waals surface area (Å²) < 4.78 is 4.87. The molecule has 1 rings (SSSR count). The van der Waals surface area contributed by atoms with Crippen LogP contribution in [0.5, 0.6) is 0 Å². The van der Waals surface area contributed by atoms with Gasteiger partial charge in [0.1, 0.15) is 0 Å². The van der Waals surface area contributed by atoms with E-state index in [0.717, 1.165) is 16.7 Å². The summed E-state index contributed by atoms with van der Waals surface area (Å²) in [4.78, 5) is 11.3. The first-order valence-corrected chi connectivity index (χ1v) is 5.24. The van der Waals surface area contributed by atoms with Crippen LogP contribution >= 0.6 is 0 Å². The molecule has 0 unspecified atom stereocenters. The second-order valence-corrected chi connectivity index (χ2v) is 3.69. The highest BCUT2D eigenvalue weighted by Crippen LogP contribution is 2.16. The number of nitrogens with zero attached hydrogens (tertiary/aromatic N) is 1. The fraction of sp³-hybridized carbons (Fsp3) is 0.385. The van der Waals surface area contributed by atoms with E-state index in [9.17, 15) is 4.79 Å². The number of ether oxygens (including phenoxy) is 1. The van der Waals surface area contributed by atoms with Crippen LogP contribution in [0.4, 0.5) is 0 Å². The second kappa shape index (κ2) is 5.32. The summed E-state index contributed by atoms with van der Waals surface area (Å²) in [6.07, 6.45) is 0.165. The van der Waals surface area contributed by atoms with Gasteiger partial charge in [-0.05, 0) is 43.5 Å². The molecule has 0 aromatic heterocycles. The van der Waals surface area contributed by atoms with Crippen LogP contribution in [0.3, 0.4) is 0 Å². The fourth-order valence-electron chi connectivity index (χ4n) is 1.49. The smallest absolute Gasteiger partial charge is 0.310 e. The predicted molar refractivity (Wildman–Crippen MR) is 61.0 cm³/mol. The standard InChI is InChI=1S/C13H15NO2/c1-4-16-13(15)7-11-5-9(2)10(3)6-12(11)8-14/h5-6H,4,7H2,1-3H3. The molecule has 1 aromatic carbocycles. The van der Waals surface area contributed by atoms with Gasteiger partial charge in [-0.3, -0.25) is 4.79 Å². The molecule has 84 valence electrons. The lowest BCUT2D eigenvalue weighted by atomic mass is 9.98. The fourth-order valence-corrected chi connectivity index (χ4v) is 1.49. The van der Waals surface area contributed by atoms with Gasteiger partial charge in [0, 0.05) is 0 Å². The molecule has 0 N–H and O–H groups in total. The number of aryl methyl sites for hydroxylation is 2. The van der Waals surface area contributed by atoms with Gasteiger partial charge in [-0.1, -0.05) is 6.07 Å². The highest BCUT2D eigenvalue weighted by Gasteiger charge is 2.10. The van der Waals surface area contributed by atoms with E-state index in [4.69, 9.17) is 10.00 Å². The van der Waals surface area contributed by atoms with Crippen LogP contribution in [0, 0.1) is 25.2 Å². The molecule has 0 saturated heterocycles. The third kappa shape index (κ3) is 2.83. The minimum Gasteiger partial charge on any atom is -0.466 e. The third-order valence-electron chi connectivity index (χ3n) is 2.48. The molecule has 0 saturated carbocycles. The van der Waals surface area contributed by atoms with Crippen LogP contribution in [0.15, 0.2) is 12.1 Å². The van der Waals surface area contributed by atoms with E-state index >= 15 is 0 Å². The van der Waals surface area contributed by atoms with Crippen LogP contribution in [0.25, 0.3) is 0 Å². The third-order valence-corrected chi connectivity index (χ3v) is 2.48. The van der Waals surface area contributed by atoms with E-state index < -0.39 is 0 Å². The zero-order valence-electron chi connectivity index (χ0n) is 9.83. The maximum absolute atomic E-state index is 11.3. The maximum atomic E-state index is 11.3. The Labute approximate surface area is 95.7 Å². The van der Waals surface area contributed by atoms with E-state index in [0.29, 0.717) is 12.2 Å². The quantitative estimate of drug-likeness (QED) is 0.730. The van der Waals surface area contributed by atoms with E-state index in [2.05, 4.69) is 6.07 Å². The molecule has 3 nitrogen and oxygen atoms in total. The Bertz CT molecular complexity index is 444. The molecular weight excluding hydrogens is 202 g/mol. The molecule has 0 aliphatic rings. The summed E-state index contributed by atoms with van der Waals surface area (Å²) in [5.41, 5.74) is 3.43. The average molecular weight is 217 g/mol. The SMILES string of the molecule is CCOC(=O)Cc1cc(C)c(C)cc1C#N. The van der Waals surface area contributed by atoms with Gasteiger partial charge in [-0.25, -0.2) is 0 Å². The Morgan fingerprint density at radius 3 is 2.56 bits per heavy atom. The van der Waals surface area contributed by atoms with Crippen molar-refractivity contribution in [2.45, 2.75) is 27.2 Å². The van der Waals surface area contributed by atoms with Crippen LogP contribution in [-0.4, -0.2) is 12.6 Å². The molecule has 0 amide bonds. The van der Waals surface area contributed by atoms with Crippen molar-refractivity contribution in [1.29, 1.82) is 5.26 Å². The molecule has 0 aliphatic heterocycles. The van der Waals surface area contributed by atoms with Crippen molar-refractivity contribution in [1.82, 2.24) is 0 Å². The number of hydrogen-bond acceptors (Lipinski definition) is 3. The van der Waals surface area contributed by atoms with Crippen molar-refractivity contribution in [3.63, 3.8) is 0 Å². The monoisotopic (exact) mass is 217 g/mol. The van der Waals surface area contributed by atoms with Crippen molar-refractivity contribution < 1.29 is 9.53 Å². The first-order valence-electron chi connectivity index (χ1n) is 5.24. The van der Waals surface area contributed by atoms with Crippen molar-refractivity contribution >= 4 is 5.97 Å². The molecule has 0 fully saturated rings. The molecule has 3 heteroatoms. The Hall–Kier alpha value is -1.82. The van der Waals surface area contributed by atoms with E-state index in [-0.39, 0.29) is 12.4 Å². The second-order valence-electron chi connectivity index (χ2n) is 3.69. The Morgan fingerprint density at radius 1 is 1.38 bits per heavy atom. The Morgan fingerprint density at radius 2 is 2.00 bits per heavy atom. The summed E-state index contributed by atoms with van der Waals surface area (Å²) in [7, 11) is 0. The summed E-state index contributed by atoms with van der Waals surface area (Å²) >= 11 is 0. The lowest BCUT2D eigenvalue weighted by molar-refractivity contribution is -0.142. The van der Waals surface area contributed by atoms with Gasteiger partial charge < -0.3 is 4.74 Å². The first kappa shape index (κ1) is 12.3. The van der Waals surface area contributed by atoms with Crippen LogP contribution < -0.4 is 0 Å². The van der Waals surface area contributed by atoms with Crippen molar-refractivity contribution in [3.05, 3.63) is 34.4 Å². The molecular formula is C13H15NO2. The highest BCUT2D eigenvalue weighted by molar-refractivity contribution is 5.73. The normalized spacial score (nSPS) is 9.62. The zero-order chi connectivity index (χ0) is 12.1. The van der Waals surface area contributed by atoms with Crippen LogP contribution in [-0.2, 0) is 16.0 Å². The van der Waals surface area contributed by atoms with E-state index in [1.54, 1.807) is 6.92 Å². The Kier molecular flexibility index (Phi) is 4.07. The van der Waals surface area contributed by atoms with Gasteiger partial charge in [0.15, 0.2) is 0 Å². The number of carbonyl (C=O) groups excluding carboxylic acids is 1. The van der Waals surface area contributed by atoms with Crippen molar-refractivity contribution in [2.75, 3.05) is 6.61 Å². The lowest BCUT2D eigenvalue weighted by Crippen LogP contribution is -2.09. The average Bonchev–Trinajstić information content (AvgIpc) is 2.23. The number of esters is 1. The number of hydrogen-bond donors (Lipinski definition) is 0. The summed E-state index contributed by atoms with van der Waals surface area (Å²) in [5.74, 6) is -0.290. The molecule has 0 heterocycles. The maximum Gasteiger partial charge on any atom is 0.310 e. The van der Waals surface area contributed by atoms with E-state index in [1.165, 1.54) is 0 Å². The largest absolute Gasteiger partial charge is 0.466 e. The Balaban J connectivity index is 3.00. The molecule has 16 heavy (non-hydrogen) atoms.